The van der Waals surface area contributed by atoms with Gasteiger partial charge in [-0.2, -0.15) is 0 Å². The van der Waals surface area contributed by atoms with E-state index < -0.39 is 0 Å². The summed E-state index contributed by atoms with van der Waals surface area (Å²) < 4.78 is 0. The second-order valence-corrected chi connectivity index (χ2v) is 8.96. The summed E-state index contributed by atoms with van der Waals surface area (Å²) in [5.41, 5.74) is 9.06. The van der Waals surface area contributed by atoms with E-state index in [0.29, 0.717) is 0 Å². The summed E-state index contributed by atoms with van der Waals surface area (Å²) >= 11 is 0. The van der Waals surface area contributed by atoms with Gasteiger partial charge >= 0.3 is 0 Å². The van der Waals surface area contributed by atoms with Crippen molar-refractivity contribution in [3.05, 3.63) is 137 Å². The highest BCUT2D eigenvalue weighted by Gasteiger charge is 2.07. The van der Waals surface area contributed by atoms with E-state index in [1.54, 1.807) is 7.05 Å². The lowest BCUT2D eigenvalue weighted by Gasteiger charge is -2.11. The molecule has 0 spiro atoms. The first-order valence-corrected chi connectivity index (χ1v) is 12.1. The van der Waals surface area contributed by atoms with Crippen LogP contribution in [0.25, 0.3) is 16.8 Å². The molecule has 0 saturated heterocycles. The molecule has 0 saturated carbocycles. The number of aryl methyl sites for hydroxylation is 2. The molecular formula is C34H39N. The molecule has 4 aromatic rings. The van der Waals surface area contributed by atoms with E-state index in [9.17, 15) is 0 Å². The van der Waals surface area contributed by atoms with Crippen molar-refractivity contribution in [3.8, 4) is 0 Å². The fourth-order valence-corrected chi connectivity index (χ4v) is 3.64. The van der Waals surface area contributed by atoms with Gasteiger partial charge in [-0.15, -0.1) is 6.58 Å². The first-order chi connectivity index (χ1) is 16.8. The van der Waals surface area contributed by atoms with Crippen molar-refractivity contribution < 1.29 is 0 Å². The van der Waals surface area contributed by atoms with Crippen molar-refractivity contribution >= 4 is 23.1 Å². The van der Waals surface area contributed by atoms with Crippen LogP contribution < -0.4 is 0 Å². The van der Waals surface area contributed by atoms with E-state index in [2.05, 4.69) is 129 Å². The zero-order valence-corrected chi connectivity index (χ0v) is 22.2. The Balaban J connectivity index is 0.000000297. The summed E-state index contributed by atoms with van der Waals surface area (Å²) in [7, 11) is 1.80. The van der Waals surface area contributed by atoms with E-state index >= 15 is 0 Å². The normalized spacial score (nSPS) is 10.6. The minimum absolute atomic E-state index is 0.953. The quantitative estimate of drug-likeness (QED) is 0.212. The van der Waals surface area contributed by atoms with Crippen LogP contribution in [-0.2, 0) is 6.42 Å². The van der Waals surface area contributed by atoms with E-state index in [-0.39, 0.29) is 0 Å². The van der Waals surface area contributed by atoms with Crippen molar-refractivity contribution in [1.29, 1.82) is 0 Å². The van der Waals surface area contributed by atoms with Gasteiger partial charge in [-0.1, -0.05) is 96.6 Å². The number of aliphatic imine (C=N–C) groups is 1. The predicted molar refractivity (Wildman–Crippen MR) is 158 cm³/mol. The summed E-state index contributed by atoms with van der Waals surface area (Å²) in [6.45, 7) is 13.8. The van der Waals surface area contributed by atoms with Crippen molar-refractivity contribution in [1.82, 2.24) is 0 Å². The molecule has 0 aliphatic rings. The van der Waals surface area contributed by atoms with Gasteiger partial charge in [0, 0.05) is 13.3 Å². The molecule has 0 amide bonds. The average Bonchev–Trinajstić information content (AvgIpc) is 2.83. The number of nitrogens with zero attached hydrogens (tertiary/aromatic N) is 1. The van der Waals surface area contributed by atoms with Crippen molar-refractivity contribution in [3.63, 3.8) is 0 Å². The van der Waals surface area contributed by atoms with Crippen LogP contribution >= 0.6 is 0 Å². The van der Waals surface area contributed by atoms with Gasteiger partial charge in [0.15, 0.2) is 0 Å². The number of fused-ring (bicyclic) bond motifs is 1. The summed E-state index contributed by atoms with van der Waals surface area (Å²) in [4.78, 5) is 4.11. The van der Waals surface area contributed by atoms with Gasteiger partial charge in [0.25, 0.3) is 0 Å². The Morgan fingerprint density at radius 3 is 1.97 bits per heavy atom. The number of allylic oxidation sites excluding steroid dienone is 2. The maximum atomic E-state index is 4.11. The third-order valence-corrected chi connectivity index (χ3v) is 5.45. The van der Waals surface area contributed by atoms with Crippen molar-refractivity contribution in [2.24, 2.45) is 4.99 Å². The third kappa shape index (κ3) is 9.22. The van der Waals surface area contributed by atoms with Crippen LogP contribution in [0.2, 0.25) is 0 Å². The van der Waals surface area contributed by atoms with E-state index in [1.807, 2.05) is 20.1 Å². The highest BCUT2D eigenvalue weighted by molar-refractivity contribution is 5.96. The standard InChI is InChI=1S/C22H21N.C8H10.C4H8/c1-3-7-21-19(14-17-8-5-4-6-9-17)11-12-20-15-18(16-23-2)10-13-22(20)21;1-7-5-3-4-6-8(7)2;1-4(2)3/h3-13,15-16H,14H2,1-2H3;3-6H,1-2H3;1H2,2-3H3/b7-3-,23-16?;;. The van der Waals surface area contributed by atoms with Crippen molar-refractivity contribution in [2.45, 2.75) is 41.0 Å². The lowest BCUT2D eigenvalue weighted by Crippen LogP contribution is -1.94. The van der Waals surface area contributed by atoms with E-state index in [1.165, 1.54) is 44.2 Å². The molecule has 4 aromatic carbocycles. The van der Waals surface area contributed by atoms with Gasteiger partial charge in [0.2, 0.25) is 0 Å². The maximum Gasteiger partial charge on any atom is 0.0281 e. The number of benzene rings is 4. The van der Waals surface area contributed by atoms with Crippen LogP contribution in [0.3, 0.4) is 0 Å². The molecule has 180 valence electrons. The Bertz CT molecular complexity index is 1250. The second-order valence-electron chi connectivity index (χ2n) is 8.96. The Morgan fingerprint density at radius 2 is 1.43 bits per heavy atom. The van der Waals surface area contributed by atoms with E-state index in [0.717, 1.165) is 12.0 Å². The smallest absolute Gasteiger partial charge is 0.0281 e. The van der Waals surface area contributed by atoms with Crippen LogP contribution in [-0.4, -0.2) is 13.3 Å². The highest BCUT2D eigenvalue weighted by atomic mass is 14.6. The molecule has 1 heteroatoms. The van der Waals surface area contributed by atoms with Crippen LogP contribution in [0.4, 0.5) is 0 Å². The minimum Gasteiger partial charge on any atom is -0.296 e. The SMILES string of the molecule is C/C=C\c1c(Cc2ccccc2)ccc2cc(C=NC)ccc12.C=C(C)C.Cc1ccccc1C. The van der Waals surface area contributed by atoms with Crippen LogP contribution in [0, 0.1) is 13.8 Å². The summed E-state index contributed by atoms with van der Waals surface area (Å²) in [6, 6.07) is 30.0. The fourth-order valence-electron chi connectivity index (χ4n) is 3.64. The molecule has 0 fully saturated rings. The molecule has 0 aromatic heterocycles. The topological polar surface area (TPSA) is 12.4 Å². The molecule has 0 bridgehead atoms. The average molecular weight is 462 g/mol. The van der Waals surface area contributed by atoms with Gasteiger partial charge in [0.1, 0.15) is 0 Å². The molecule has 4 rings (SSSR count). The lowest BCUT2D eigenvalue weighted by molar-refractivity contribution is 1.19. The Labute approximate surface area is 212 Å². The lowest BCUT2D eigenvalue weighted by atomic mass is 9.93. The summed E-state index contributed by atoms with van der Waals surface area (Å²) in [6.07, 6.45) is 7.18. The van der Waals surface area contributed by atoms with Gasteiger partial charge in [-0.05, 0) is 91.3 Å². The molecular weight excluding hydrogens is 422 g/mol. The molecule has 35 heavy (non-hydrogen) atoms. The largest absolute Gasteiger partial charge is 0.296 e. The molecule has 0 radical (unpaired) electrons. The second kappa shape index (κ2) is 14.5. The number of rotatable bonds is 4. The zero-order chi connectivity index (χ0) is 25.6. The first-order valence-electron chi connectivity index (χ1n) is 12.1. The molecule has 0 N–H and O–H groups in total. The third-order valence-electron chi connectivity index (χ3n) is 5.45. The van der Waals surface area contributed by atoms with Crippen LogP contribution in [0.15, 0.2) is 108 Å². The van der Waals surface area contributed by atoms with Crippen molar-refractivity contribution in [2.75, 3.05) is 7.05 Å². The molecule has 0 atom stereocenters. The van der Waals surface area contributed by atoms with Crippen LogP contribution in [0.5, 0.6) is 0 Å². The Kier molecular flexibility index (Phi) is 11.4. The summed E-state index contributed by atoms with van der Waals surface area (Å²) in [5, 5.41) is 2.55. The monoisotopic (exact) mass is 461 g/mol. The number of hydrogen-bond donors (Lipinski definition) is 0. The van der Waals surface area contributed by atoms with E-state index in [4.69, 9.17) is 0 Å². The van der Waals surface area contributed by atoms with Gasteiger partial charge < -0.3 is 0 Å². The molecule has 0 heterocycles. The molecule has 0 aliphatic heterocycles. The van der Waals surface area contributed by atoms with Gasteiger partial charge in [0.05, 0.1) is 0 Å². The zero-order valence-electron chi connectivity index (χ0n) is 22.2. The summed E-state index contributed by atoms with van der Waals surface area (Å²) in [5.74, 6) is 0. The molecule has 1 nitrogen and oxygen atoms in total. The molecule has 0 aliphatic carbocycles. The predicted octanol–water partition coefficient (Wildman–Crippen LogP) is 9.40. The van der Waals surface area contributed by atoms with Gasteiger partial charge in [-0.3, -0.25) is 4.99 Å². The Hall–Kier alpha value is -3.71. The molecule has 0 unspecified atom stereocenters. The maximum absolute atomic E-state index is 4.11. The Morgan fingerprint density at radius 1 is 0.829 bits per heavy atom. The minimum atomic E-state index is 0.953. The first kappa shape index (κ1) is 27.5. The highest BCUT2D eigenvalue weighted by Crippen LogP contribution is 2.26. The van der Waals surface area contributed by atoms with Crippen LogP contribution in [0.1, 0.15) is 54.2 Å². The fraction of sp³-hybridized carbons (Fsp3) is 0.206. The number of hydrogen-bond acceptors (Lipinski definition) is 1. The van der Waals surface area contributed by atoms with Gasteiger partial charge in [-0.25, -0.2) is 0 Å².